The van der Waals surface area contributed by atoms with Crippen LogP contribution in [0.1, 0.15) is 21.5 Å². The van der Waals surface area contributed by atoms with Crippen molar-refractivity contribution in [2.24, 2.45) is 0 Å². The van der Waals surface area contributed by atoms with Crippen molar-refractivity contribution in [1.29, 1.82) is 0 Å². The minimum absolute atomic E-state index is 0.141. The maximum atomic E-state index is 12.3. The standard InChI is InChI=1S/C18H16N2OS/c1-12-3-4-13(2)17(9-12)20-18(21)14-5-6-16(19-10-14)15-7-8-22-11-15/h3-11H,1-2H3,(H,20,21). The number of hydrogen-bond donors (Lipinski definition) is 1. The summed E-state index contributed by atoms with van der Waals surface area (Å²) in [6.45, 7) is 3.99. The number of aryl methyl sites for hydroxylation is 2. The lowest BCUT2D eigenvalue weighted by atomic mass is 10.1. The van der Waals surface area contributed by atoms with Crippen LogP contribution in [0.3, 0.4) is 0 Å². The summed E-state index contributed by atoms with van der Waals surface area (Å²) in [6, 6.07) is 11.7. The number of aromatic nitrogens is 1. The number of pyridine rings is 1. The van der Waals surface area contributed by atoms with Gasteiger partial charge >= 0.3 is 0 Å². The molecule has 4 heteroatoms. The molecule has 0 unspecified atom stereocenters. The molecule has 0 bridgehead atoms. The second-order valence-electron chi connectivity index (χ2n) is 5.22. The van der Waals surface area contributed by atoms with Crippen LogP contribution in [0.25, 0.3) is 11.3 Å². The minimum atomic E-state index is -0.141. The molecular weight excluding hydrogens is 292 g/mol. The summed E-state index contributed by atoms with van der Waals surface area (Å²) in [5.41, 5.74) is 5.51. The van der Waals surface area contributed by atoms with Gasteiger partial charge in [-0.2, -0.15) is 11.3 Å². The average Bonchev–Trinajstić information content (AvgIpc) is 3.05. The number of rotatable bonds is 3. The van der Waals surface area contributed by atoms with Gasteiger partial charge in [-0.3, -0.25) is 9.78 Å². The molecule has 3 aromatic rings. The first-order valence-electron chi connectivity index (χ1n) is 7.01. The van der Waals surface area contributed by atoms with Gasteiger partial charge in [-0.25, -0.2) is 0 Å². The van der Waals surface area contributed by atoms with Crippen LogP contribution in [-0.4, -0.2) is 10.9 Å². The fourth-order valence-corrected chi connectivity index (χ4v) is 2.82. The number of amides is 1. The molecule has 0 fully saturated rings. The SMILES string of the molecule is Cc1ccc(C)c(NC(=O)c2ccc(-c3ccsc3)nc2)c1. The zero-order valence-corrected chi connectivity index (χ0v) is 13.3. The molecule has 2 aromatic heterocycles. The lowest BCUT2D eigenvalue weighted by Crippen LogP contribution is -2.13. The smallest absolute Gasteiger partial charge is 0.257 e. The zero-order chi connectivity index (χ0) is 15.5. The van der Waals surface area contributed by atoms with Gasteiger partial charge < -0.3 is 5.32 Å². The van der Waals surface area contributed by atoms with Crippen molar-refractivity contribution < 1.29 is 4.79 Å². The molecule has 1 amide bonds. The van der Waals surface area contributed by atoms with Crippen molar-refractivity contribution in [2.45, 2.75) is 13.8 Å². The van der Waals surface area contributed by atoms with Crippen molar-refractivity contribution >= 4 is 22.9 Å². The summed E-state index contributed by atoms with van der Waals surface area (Å²) in [6.07, 6.45) is 1.62. The molecule has 0 aliphatic rings. The van der Waals surface area contributed by atoms with Gasteiger partial charge in [0, 0.05) is 22.8 Å². The van der Waals surface area contributed by atoms with E-state index in [1.165, 1.54) is 0 Å². The van der Waals surface area contributed by atoms with E-state index in [2.05, 4.69) is 10.3 Å². The maximum Gasteiger partial charge on any atom is 0.257 e. The third-order valence-corrected chi connectivity index (χ3v) is 4.17. The summed E-state index contributed by atoms with van der Waals surface area (Å²) in [7, 11) is 0. The summed E-state index contributed by atoms with van der Waals surface area (Å²) >= 11 is 1.63. The van der Waals surface area contributed by atoms with E-state index in [-0.39, 0.29) is 5.91 Å². The Bertz CT molecular complexity index is 792. The molecule has 0 saturated carbocycles. The average molecular weight is 308 g/mol. The lowest BCUT2D eigenvalue weighted by molar-refractivity contribution is 0.102. The molecule has 1 N–H and O–H groups in total. The van der Waals surface area contributed by atoms with Crippen LogP contribution in [0.15, 0.2) is 53.4 Å². The van der Waals surface area contributed by atoms with E-state index in [1.807, 2.05) is 54.9 Å². The number of hydrogen-bond acceptors (Lipinski definition) is 3. The van der Waals surface area contributed by atoms with E-state index >= 15 is 0 Å². The normalized spacial score (nSPS) is 10.5. The highest BCUT2D eigenvalue weighted by molar-refractivity contribution is 7.08. The summed E-state index contributed by atoms with van der Waals surface area (Å²) < 4.78 is 0. The number of nitrogens with one attached hydrogen (secondary N) is 1. The van der Waals surface area contributed by atoms with Crippen LogP contribution in [0.5, 0.6) is 0 Å². The van der Waals surface area contributed by atoms with Crippen LogP contribution >= 0.6 is 11.3 Å². The number of thiophene rings is 1. The number of carbonyl (C=O) groups is 1. The number of anilines is 1. The van der Waals surface area contributed by atoms with Crippen LogP contribution in [0.2, 0.25) is 0 Å². The largest absolute Gasteiger partial charge is 0.322 e. The first-order chi connectivity index (χ1) is 10.6. The molecule has 22 heavy (non-hydrogen) atoms. The van der Waals surface area contributed by atoms with Gasteiger partial charge in [-0.1, -0.05) is 12.1 Å². The van der Waals surface area contributed by atoms with Gasteiger partial charge in [-0.15, -0.1) is 0 Å². The fourth-order valence-electron chi connectivity index (χ4n) is 2.17. The molecule has 0 aliphatic heterocycles. The first kappa shape index (κ1) is 14.5. The Hall–Kier alpha value is -2.46. The minimum Gasteiger partial charge on any atom is -0.322 e. The molecule has 110 valence electrons. The van der Waals surface area contributed by atoms with Crippen molar-refractivity contribution in [3.8, 4) is 11.3 Å². The summed E-state index contributed by atoms with van der Waals surface area (Å²) in [5, 5.41) is 7.00. The first-order valence-corrected chi connectivity index (χ1v) is 7.95. The summed E-state index contributed by atoms with van der Waals surface area (Å²) in [4.78, 5) is 16.7. The lowest BCUT2D eigenvalue weighted by Gasteiger charge is -2.09. The topological polar surface area (TPSA) is 42.0 Å². The van der Waals surface area contributed by atoms with E-state index in [0.29, 0.717) is 5.56 Å². The monoisotopic (exact) mass is 308 g/mol. The Balaban J connectivity index is 1.79. The highest BCUT2D eigenvalue weighted by Crippen LogP contribution is 2.21. The second-order valence-corrected chi connectivity index (χ2v) is 6.00. The molecule has 0 saturated heterocycles. The summed E-state index contributed by atoms with van der Waals surface area (Å²) in [5.74, 6) is -0.141. The van der Waals surface area contributed by atoms with Gasteiger partial charge in [0.1, 0.15) is 0 Å². The Morgan fingerprint density at radius 3 is 2.68 bits per heavy atom. The van der Waals surface area contributed by atoms with Crippen molar-refractivity contribution in [2.75, 3.05) is 5.32 Å². The molecule has 3 nitrogen and oxygen atoms in total. The third-order valence-electron chi connectivity index (χ3n) is 3.48. The van der Waals surface area contributed by atoms with Gasteiger partial charge in [0.05, 0.1) is 11.3 Å². The van der Waals surface area contributed by atoms with E-state index in [0.717, 1.165) is 28.1 Å². The maximum absolute atomic E-state index is 12.3. The van der Waals surface area contributed by atoms with E-state index in [4.69, 9.17) is 0 Å². The van der Waals surface area contributed by atoms with E-state index < -0.39 is 0 Å². The molecule has 0 atom stereocenters. The highest BCUT2D eigenvalue weighted by atomic mass is 32.1. The quantitative estimate of drug-likeness (QED) is 0.763. The number of nitrogens with zero attached hydrogens (tertiary/aromatic N) is 1. The predicted octanol–water partition coefficient (Wildman–Crippen LogP) is 4.68. The van der Waals surface area contributed by atoms with Crippen molar-refractivity contribution in [3.63, 3.8) is 0 Å². The Labute approximate surface area is 133 Å². The van der Waals surface area contributed by atoms with Crippen LogP contribution in [0.4, 0.5) is 5.69 Å². The zero-order valence-electron chi connectivity index (χ0n) is 12.5. The van der Waals surface area contributed by atoms with Gasteiger partial charge in [0.15, 0.2) is 0 Å². The Morgan fingerprint density at radius 2 is 2.00 bits per heavy atom. The van der Waals surface area contributed by atoms with Gasteiger partial charge in [-0.05, 0) is 54.6 Å². The predicted molar refractivity (Wildman–Crippen MR) is 91.4 cm³/mol. The van der Waals surface area contributed by atoms with Crippen LogP contribution in [-0.2, 0) is 0 Å². The molecule has 0 spiro atoms. The molecular formula is C18H16N2OS. The fraction of sp³-hybridized carbons (Fsp3) is 0.111. The molecule has 1 aromatic carbocycles. The number of carbonyl (C=O) groups excluding carboxylic acids is 1. The Morgan fingerprint density at radius 1 is 1.14 bits per heavy atom. The van der Waals surface area contributed by atoms with Gasteiger partial charge in [0.25, 0.3) is 5.91 Å². The third kappa shape index (κ3) is 3.07. The van der Waals surface area contributed by atoms with Crippen molar-refractivity contribution in [1.82, 2.24) is 4.98 Å². The molecule has 0 aliphatic carbocycles. The van der Waals surface area contributed by atoms with Crippen LogP contribution in [0, 0.1) is 13.8 Å². The molecule has 3 rings (SSSR count). The number of benzene rings is 1. The molecule has 0 radical (unpaired) electrons. The van der Waals surface area contributed by atoms with E-state index in [9.17, 15) is 4.79 Å². The second kappa shape index (κ2) is 6.12. The van der Waals surface area contributed by atoms with E-state index in [1.54, 1.807) is 23.6 Å². The Kier molecular flexibility index (Phi) is 4.02. The van der Waals surface area contributed by atoms with Gasteiger partial charge in [0.2, 0.25) is 0 Å². The van der Waals surface area contributed by atoms with Crippen molar-refractivity contribution in [3.05, 3.63) is 70.0 Å². The van der Waals surface area contributed by atoms with Crippen LogP contribution < -0.4 is 5.32 Å². The highest BCUT2D eigenvalue weighted by Gasteiger charge is 2.09. The molecule has 2 heterocycles.